The van der Waals surface area contributed by atoms with Gasteiger partial charge in [0.25, 0.3) is 0 Å². The summed E-state index contributed by atoms with van der Waals surface area (Å²) in [7, 11) is 0. The maximum atomic E-state index is 3.40. The molecule has 4 aromatic rings. The van der Waals surface area contributed by atoms with Crippen molar-refractivity contribution < 1.29 is 0 Å². The molecule has 0 spiro atoms. The number of hydrogen-bond acceptors (Lipinski definition) is 1. The molecule has 0 saturated heterocycles. The fourth-order valence-electron chi connectivity index (χ4n) is 2.87. The lowest BCUT2D eigenvalue weighted by Gasteiger charge is -2.06. The van der Waals surface area contributed by atoms with Crippen molar-refractivity contribution in [1.29, 1.82) is 0 Å². The lowest BCUT2D eigenvalue weighted by atomic mass is 10.1. The molecule has 0 aromatic heterocycles. The van der Waals surface area contributed by atoms with E-state index in [0.29, 0.717) is 0 Å². The number of hydrogen-bond donors (Lipinski definition) is 1. The first-order chi connectivity index (χ1) is 12.4. The van der Waals surface area contributed by atoms with Crippen LogP contribution >= 0.6 is 0 Å². The molecule has 0 amide bonds. The van der Waals surface area contributed by atoms with E-state index in [-0.39, 0.29) is 0 Å². The van der Waals surface area contributed by atoms with E-state index >= 15 is 0 Å². The van der Waals surface area contributed by atoms with Crippen LogP contribution in [0.2, 0.25) is 0 Å². The molecule has 0 saturated carbocycles. The fourth-order valence-corrected chi connectivity index (χ4v) is 2.87. The van der Waals surface area contributed by atoms with E-state index in [1.807, 2.05) is 18.2 Å². The highest BCUT2D eigenvalue weighted by Gasteiger charge is 1.95. The number of benzene rings is 4. The minimum absolute atomic E-state index is 1.09. The van der Waals surface area contributed by atoms with Gasteiger partial charge < -0.3 is 5.32 Å². The van der Waals surface area contributed by atoms with Crippen LogP contribution in [0.1, 0.15) is 11.1 Å². The van der Waals surface area contributed by atoms with Crippen LogP contribution in [-0.4, -0.2) is 0 Å². The van der Waals surface area contributed by atoms with Crippen molar-refractivity contribution in [2.75, 3.05) is 5.32 Å². The number of nitrogens with one attached hydrogen (secondary N) is 1. The molecular formula is C24H19N. The Bertz CT molecular complexity index is 999. The molecule has 25 heavy (non-hydrogen) atoms. The summed E-state index contributed by atoms with van der Waals surface area (Å²) >= 11 is 0. The summed E-state index contributed by atoms with van der Waals surface area (Å²) in [5.74, 6) is 0. The molecule has 0 unspecified atom stereocenters. The first-order valence-electron chi connectivity index (χ1n) is 8.46. The van der Waals surface area contributed by atoms with Gasteiger partial charge in [0.2, 0.25) is 0 Å². The number of rotatable bonds is 4. The zero-order chi connectivity index (χ0) is 16.9. The van der Waals surface area contributed by atoms with Crippen LogP contribution in [0.3, 0.4) is 0 Å². The molecule has 1 heteroatoms. The Hall–Kier alpha value is -3.32. The van der Waals surface area contributed by atoms with Gasteiger partial charge in [-0.15, -0.1) is 0 Å². The summed E-state index contributed by atoms with van der Waals surface area (Å²) in [5, 5.41) is 5.95. The molecule has 0 aliphatic heterocycles. The van der Waals surface area contributed by atoms with Crippen LogP contribution in [0.5, 0.6) is 0 Å². The molecule has 0 atom stereocenters. The molecule has 0 aliphatic carbocycles. The third kappa shape index (κ3) is 3.78. The van der Waals surface area contributed by atoms with Gasteiger partial charge in [-0.05, 0) is 52.2 Å². The highest BCUT2D eigenvalue weighted by Crippen LogP contribution is 2.19. The van der Waals surface area contributed by atoms with Crippen molar-refractivity contribution in [1.82, 2.24) is 0 Å². The molecular weight excluding hydrogens is 302 g/mol. The third-order valence-corrected chi connectivity index (χ3v) is 4.21. The minimum Gasteiger partial charge on any atom is -0.356 e. The van der Waals surface area contributed by atoms with Crippen LogP contribution in [0.15, 0.2) is 97.1 Å². The summed E-state index contributed by atoms with van der Waals surface area (Å²) in [6, 6.07) is 33.7. The molecule has 0 fully saturated rings. The Morgan fingerprint density at radius 2 is 1.08 bits per heavy atom. The van der Waals surface area contributed by atoms with Crippen LogP contribution in [0.4, 0.5) is 11.4 Å². The highest BCUT2D eigenvalue weighted by atomic mass is 14.9. The summed E-state index contributed by atoms with van der Waals surface area (Å²) in [6.45, 7) is 0. The summed E-state index contributed by atoms with van der Waals surface area (Å²) in [4.78, 5) is 0. The maximum Gasteiger partial charge on any atom is 0.0384 e. The van der Waals surface area contributed by atoms with Crippen molar-refractivity contribution in [2.45, 2.75) is 0 Å². The van der Waals surface area contributed by atoms with Crippen molar-refractivity contribution in [2.24, 2.45) is 0 Å². The second-order valence-electron chi connectivity index (χ2n) is 6.05. The van der Waals surface area contributed by atoms with E-state index in [1.54, 1.807) is 0 Å². The number of para-hydroxylation sites is 1. The molecule has 0 radical (unpaired) electrons. The minimum atomic E-state index is 1.09. The van der Waals surface area contributed by atoms with Crippen molar-refractivity contribution >= 4 is 34.3 Å². The largest absolute Gasteiger partial charge is 0.356 e. The molecule has 120 valence electrons. The van der Waals surface area contributed by atoms with Gasteiger partial charge in [0, 0.05) is 11.4 Å². The molecule has 4 aromatic carbocycles. The third-order valence-electron chi connectivity index (χ3n) is 4.21. The highest BCUT2D eigenvalue weighted by molar-refractivity contribution is 5.86. The van der Waals surface area contributed by atoms with E-state index in [0.717, 1.165) is 11.4 Å². The predicted octanol–water partition coefficient (Wildman–Crippen LogP) is 6.75. The van der Waals surface area contributed by atoms with Gasteiger partial charge in [-0.2, -0.15) is 0 Å². The molecule has 0 aliphatic rings. The maximum absolute atomic E-state index is 3.40. The summed E-state index contributed by atoms with van der Waals surface area (Å²) in [5.41, 5.74) is 4.59. The van der Waals surface area contributed by atoms with E-state index in [4.69, 9.17) is 0 Å². The van der Waals surface area contributed by atoms with Gasteiger partial charge in [-0.1, -0.05) is 78.9 Å². The first-order valence-corrected chi connectivity index (χ1v) is 8.46. The van der Waals surface area contributed by atoms with Gasteiger partial charge in [-0.25, -0.2) is 0 Å². The summed E-state index contributed by atoms with van der Waals surface area (Å²) < 4.78 is 0. The average Bonchev–Trinajstić information content (AvgIpc) is 2.68. The number of fused-ring (bicyclic) bond motifs is 1. The smallest absolute Gasteiger partial charge is 0.0384 e. The lowest BCUT2D eigenvalue weighted by molar-refractivity contribution is 1.54. The predicted molar refractivity (Wildman–Crippen MR) is 109 cm³/mol. The van der Waals surface area contributed by atoms with Crippen LogP contribution in [-0.2, 0) is 0 Å². The van der Waals surface area contributed by atoms with E-state index < -0.39 is 0 Å². The van der Waals surface area contributed by atoms with E-state index in [2.05, 4.69) is 96.3 Å². The topological polar surface area (TPSA) is 12.0 Å². The molecule has 1 N–H and O–H groups in total. The Balaban J connectivity index is 1.49. The second kappa shape index (κ2) is 7.06. The zero-order valence-corrected chi connectivity index (χ0v) is 13.9. The first kappa shape index (κ1) is 15.2. The summed E-state index contributed by atoms with van der Waals surface area (Å²) in [6.07, 6.45) is 4.31. The van der Waals surface area contributed by atoms with E-state index in [1.165, 1.54) is 21.9 Å². The van der Waals surface area contributed by atoms with Crippen molar-refractivity contribution in [3.63, 3.8) is 0 Å². The monoisotopic (exact) mass is 321 g/mol. The van der Waals surface area contributed by atoms with Crippen LogP contribution in [0.25, 0.3) is 22.9 Å². The zero-order valence-electron chi connectivity index (χ0n) is 13.9. The average molecular weight is 321 g/mol. The quantitative estimate of drug-likeness (QED) is 0.410. The van der Waals surface area contributed by atoms with E-state index in [9.17, 15) is 0 Å². The van der Waals surface area contributed by atoms with Crippen molar-refractivity contribution in [3.8, 4) is 0 Å². The van der Waals surface area contributed by atoms with Crippen molar-refractivity contribution in [3.05, 3.63) is 108 Å². The van der Waals surface area contributed by atoms with Crippen LogP contribution in [0, 0.1) is 0 Å². The molecule has 0 heterocycles. The SMILES string of the molecule is C(=C\c1ccc2ccccc2c1)/c1ccc(Nc2ccccc2)cc1. The second-order valence-corrected chi connectivity index (χ2v) is 6.05. The van der Waals surface area contributed by atoms with Crippen LogP contribution < -0.4 is 5.32 Å². The Kier molecular flexibility index (Phi) is 4.30. The molecule has 1 nitrogen and oxygen atoms in total. The fraction of sp³-hybridized carbons (Fsp3) is 0. The Morgan fingerprint density at radius 3 is 1.88 bits per heavy atom. The van der Waals surface area contributed by atoms with Gasteiger partial charge in [0.15, 0.2) is 0 Å². The van der Waals surface area contributed by atoms with Gasteiger partial charge in [0.05, 0.1) is 0 Å². The lowest BCUT2D eigenvalue weighted by Crippen LogP contribution is -1.89. The number of anilines is 2. The van der Waals surface area contributed by atoms with Gasteiger partial charge >= 0.3 is 0 Å². The van der Waals surface area contributed by atoms with Gasteiger partial charge in [0.1, 0.15) is 0 Å². The normalized spacial score (nSPS) is 11.0. The van der Waals surface area contributed by atoms with Gasteiger partial charge in [-0.3, -0.25) is 0 Å². The Labute approximate surface area is 148 Å². The molecule has 4 rings (SSSR count). The Morgan fingerprint density at radius 1 is 0.480 bits per heavy atom. The molecule has 0 bridgehead atoms. The standard InChI is InChI=1S/C24H19N/c1-2-8-23(9-3-1)25-24-16-13-19(14-17-24)10-11-20-12-15-21-6-4-5-7-22(21)18-20/h1-18,25H/b11-10+.